The van der Waals surface area contributed by atoms with Crippen LogP contribution in [-0.2, 0) is 4.79 Å². The van der Waals surface area contributed by atoms with E-state index in [1.54, 1.807) is 12.4 Å². The molecule has 2 N–H and O–H groups in total. The van der Waals surface area contributed by atoms with Crippen LogP contribution in [0.15, 0.2) is 18.5 Å². The first-order chi connectivity index (χ1) is 9.59. The van der Waals surface area contributed by atoms with E-state index in [1.807, 2.05) is 25.1 Å². The quantitative estimate of drug-likeness (QED) is 0.864. The third kappa shape index (κ3) is 2.93. The molecule has 20 heavy (non-hydrogen) atoms. The van der Waals surface area contributed by atoms with E-state index >= 15 is 0 Å². The standard InChI is InChI=1S/C15H24N4O/c1-4-7-15(8-5-9-17-15)14(20)18-12-11-16-10-6-13(12)19(2)3/h6,10-11,17H,4-5,7-9H2,1-3H3,(H,18,20). The fourth-order valence-corrected chi connectivity index (χ4v) is 2.87. The normalized spacial score (nSPS) is 21.8. The molecule has 0 aromatic carbocycles. The van der Waals surface area contributed by atoms with E-state index in [0.29, 0.717) is 0 Å². The Morgan fingerprint density at radius 1 is 1.55 bits per heavy atom. The van der Waals surface area contributed by atoms with Crippen LogP contribution >= 0.6 is 0 Å². The number of rotatable bonds is 5. The van der Waals surface area contributed by atoms with Crippen LogP contribution < -0.4 is 15.5 Å². The van der Waals surface area contributed by atoms with E-state index in [4.69, 9.17) is 0 Å². The monoisotopic (exact) mass is 276 g/mol. The lowest BCUT2D eigenvalue weighted by Gasteiger charge is -2.28. The van der Waals surface area contributed by atoms with Crippen molar-refractivity contribution in [3.8, 4) is 0 Å². The van der Waals surface area contributed by atoms with Gasteiger partial charge in [-0.25, -0.2) is 0 Å². The number of aromatic nitrogens is 1. The van der Waals surface area contributed by atoms with Gasteiger partial charge in [-0.1, -0.05) is 13.3 Å². The van der Waals surface area contributed by atoms with Gasteiger partial charge in [0.1, 0.15) is 0 Å². The average molecular weight is 276 g/mol. The lowest BCUT2D eigenvalue weighted by molar-refractivity contribution is -0.122. The molecule has 0 radical (unpaired) electrons. The van der Waals surface area contributed by atoms with Crippen LogP contribution in [0.4, 0.5) is 11.4 Å². The molecule has 5 heteroatoms. The zero-order valence-corrected chi connectivity index (χ0v) is 12.6. The van der Waals surface area contributed by atoms with Gasteiger partial charge in [-0.05, 0) is 31.9 Å². The zero-order chi connectivity index (χ0) is 14.6. The second kappa shape index (κ2) is 6.22. The van der Waals surface area contributed by atoms with Crippen LogP contribution in [0.1, 0.15) is 32.6 Å². The van der Waals surface area contributed by atoms with Crippen LogP contribution in [0.3, 0.4) is 0 Å². The van der Waals surface area contributed by atoms with Crippen LogP contribution in [0.25, 0.3) is 0 Å². The van der Waals surface area contributed by atoms with Gasteiger partial charge in [0.25, 0.3) is 0 Å². The summed E-state index contributed by atoms with van der Waals surface area (Å²) in [6.45, 7) is 3.03. The molecule has 1 aromatic heterocycles. The van der Waals surface area contributed by atoms with Gasteiger partial charge in [0.15, 0.2) is 0 Å². The van der Waals surface area contributed by atoms with Crippen LogP contribution in [0.5, 0.6) is 0 Å². The molecule has 1 amide bonds. The first kappa shape index (κ1) is 14.8. The molecule has 2 heterocycles. The van der Waals surface area contributed by atoms with Gasteiger partial charge in [-0.3, -0.25) is 9.78 Å². The first-order valence-electron chi connectivity index (χ1n) is 7.27. The number of nitrogens with zero attached hydrogens (tertiary/aromatic N) is 2. The van der Waals surface area contributed by atoms with Gasteiger partial charge in [-0.2, -0.15) is 0 Å². The number of hydrogen-bond donors (Lipinski definition) is 2. The Kier molecular flexibility index (Phi) is 4.60. The van der Waals surface area contributed by atoms with Gasteiger partial charge >= 0.3 is 0 Å². The second-order valence-corrected chi connectivity index (χ2v) is 5.60. The molecule has 1 unspecified atom stereocenters. The van der Waals surface area contributed by atoms with Crippen molar-refractivity contribution in [2.75, 3.05) is 30.9 Å². The maximum Gasteiger partial charge on any atom is 0.244 e. The van der Waals surface area contributed by atoms with Gasteiger partial charge < -0.3 is 15.5 Å². The van der Waals surface area contributed by atoms with E-state index in [1.165, 1.54) is 0 Å². The molecule has 2 rings (SSSR count). The van der Waals surface area contributed by atoms with Crippen molar-refractivity contribution in [3.63, 3.8) is 0 Å². The summed E-state index contributed by atoms with van der Waals surface area (Å²) in [5.41, 5.74) is 1.33. The lowest BCUT2D eigenvalue weighted by Crippen LogP contribution is -2.50. The summed E-state index contributed by atoms with van der Waals surface area (Å²) in [6.07, 6.45) is 7.28. The summed E-state index contributed by atoms with van der Waals surface area (Å²) in [5, 5.41) is 6.45. The Morgan fingerprint density at radius 2 is 2.35 bits per heavy atom. The van der Waals surface area contributed by atoms with E-state index in [-0.39, 0.29) is 5.91 Å². The topological polar surface area (TPSA) is 57.3 Å². The molecule has 1 saturated heterocycles. The Hall–Kier alpha value is -1.62. The molecule has 5 nitrogen and oxygen atoms in total. The van der Waals surface area contributed by atoms with Crippen molar-refractivity contribution in [1.29, 1.82) is 0 Å². The van der Waals surface area contributed by atoms with Crippen LogP contribution in [-0.4, -0.2) is 37.1 Å². The second-order valence-electron chi connectivity index (χ2n) is 5.60. The molecular weight excluding hydrogens is 252 g/mol. The molecule has 0 aliphatic carbocycles. The third-order valence-electron chi connectivity index (χ3n) is 3.88. The number of nitrogens with one attached hydrogen (secondary N) is 2. The highest BCUT2D eigenvalue weighted by molar-refractivity contribution is 6.00. The minimum absolute atomic E-state index is 0.0629. The molecule has 110 valence electrons. The minimum atomic E-state index is -0.409. The number of carbonyl (C=O) groups is 1. The summed E-state index contributed by atoms with van der Waals surface area (Å²) in [5.74, 6) is 0.0629. The Morgan fingerprint density at radius 3 is 2.95 bits per heavy atom. The molecule has 1 aliphatic heterocycles. The van der Waals surface area contributed by atoms with Crippen molar-refractivity contribution in [1.82, 2.24) is 10.3 Å². The molecule has 0 spiro atoms. The summed E-state index contributed by atoms with van der Waals surface area (Å²) in [6, 6.07) is 1.91. The van der Waals surface area contributed by atoms with Crippen molar-refractivity contribution in [3.05, 3.63) is 18.5 Å². The highest BCUT2D eigenvalue weighted by Gasteiger charge is 2.40. The van der Waals surface area contributed by atoms with Crippen molar-refractivity contribution < 1.29 is 4.79 Å². The highest BCUT2D eigenvalue weighted by Crippen LogP contribution is 2.29. The fraction of sp³-hybridized carbons (Fsp3) is 0.600. The Labute approximate surface area is 120 Å². The largest absolute Gasteiger partial charge is 0.376 e. The smallest absolute Gasteiger partial charge is 0.244 e. The Balaban J connectivity index is 2.18. The summed E-state index contributed by atoms with van der Waals surface area (Å²) >= 11 is 0. The highest BCUT2D eigenvalue weighted by atomic mass is 16.2. The first-order valence-corrected chi connectivity index (χ1v) is 7.27. The number of amides is 1. The average Bonchev–Trinajstić information content (AvgIpc) is 2.89. The van der Waals surface area contributed by atoms with Gasteiger partial charge in [-0.15, -0.1) is 0 Å². The lowest BCUT2D eigenvalue weighted by atomic mass is 9.91. The van der Waals surface area contributed by atoms with Crippen molar-refractivity contribution in [2.24, 2.45) is 0 Å². The summed E-state index contributed by atoms with van der Waals surface area (Å²) < 4.78 is 0. The predicted molar refractivity (Wildman–Crippen MR) is 82.1 cm³/mol. The molecule has 1 atom stereocenters. The number of hydrogen-bond acceptors (Lipinski definition) is 4. The van der Waals surface area contributed by atoms with E-state index in [2.05, 4.69) is 22.5 Å². The number of anilines is 2. The fourth-order valence-electron chi connectivity index (χ4n) is 2.87. The van der Waals surface area contributed by atoms with Gasteiger partial charge in [0, 0.05) is 20.3 Å². The van der Waals surface area contributed by atoms with Crippen LogP contribution in [0.2, 0.25) is 0 Å². The maximum absolute atomic E-state index is 12.7. The minimum Gasteiger partial charge on any atom is -0.376 e. The Bertz CT molecular complexity index is 467. The molecular formula is C15H24N4O. The van der Waals surface area contributed by atoms with Crippen molar-refractivity contribution in [2.45, 2.75) is 38.1 Å². The number of carbonyl (C=O) groups excluding carboxylic acids is 1. The molecule has 0 bridgehead atoms. The summed E-state index contributed by atoms with van der Waals surface area (Å²) in [7, 11) is 3.92. The number of pyridine rings is 1. The molecule has 1 aromatic rings. The third-order valence-corrected chi connectivity index (χ3v) is 3.88. The molecule has 1 aliphatic rings. The maximum atomic E-state index is 12.7. The SMILES string of the molecule is CCCC1(C(=O)Nc2cnccc2N(C)C)CCCN1. The van der Waals surface area contributed by atoms with E-state index in [0.717, 1.165) is 43.6 Å². The zero-order valence-electron chi connectivity index (χ0n) is 12.6. The molecule has 1 fully saturated rings. The summed E-state index contributed by atoms with van der Waals surface area (Å²) in [4.78, 5) is 18.8. The van der Waals surface area contributed by atoms with Crippen LogP contribution in [0, 0.1) is 0 Å². The van der Waals surface area contributed by atoms with E-state index < -0.39 is 5.54 Å². The van der Waals surface area contributed by atoms with Gasteiger partial charge in [0.2, 0.25) is 5.91 Å². The molecule has 0 saturated carbocycles. The van der Waals surface area contributed by atoms with Crippen molar-refractivity contribution >= 4 is 17.3 Å². The van der Waals surface area contributed by atoms with E-state index in [9.17, 15) is 4.79 Å². The van der Waals surface area contributed by atoms with Gasteiger partial charge in [0.05, 0.1) is 23.1 Å². The predicted octanol–water partition coefficient (Wildman–Crippen LogP) is 2.01.